The smallest absolute Gasteiger partial charge is 0.471 e. The normalized spacial score (nSPS) is 26.8. The number of hydrogen-bond donors (Lipinski definition) is 1. The topological polar surface area (TPSA) is 138 Å². The number of aromatic nitrogens is 2. The van der Waals surface area contributed by atoms with Gasteiger partial charge in [-0.25, -0.2) is 19.6 Å². The molecule has 3 heterocycles. The van der Waals surface area contributed by atoms with Gasteiger partial charge < -0.3 is 33.9 Å². The molecule has 5 unspecified atom stereocenters. The summed E-state index contributed by atoms with van der Waals surface area (Å²) < 4.78 is 96.4. The van der Waals surface area contributed by atoms with E-state index in [-0.39, 0.29) is 30.6 Å². The van der Waals surface area contributed by atoms with E-state index in [2.05, 4.69) is 20.0 Å². The van der Waals surface area contributed by atoms with E-state index in [9.17, 15) is 27.6 Å². The zero-order valence-electron chi connectivity index (χ0n) is 26.5. The van der Waals surface area contributed by atoms with Crippen LogP contribution in [0.4, 0.5) is 26.7 Å². The summed E-state index contributed by atoms with van der Waals surface area (Å²) in [5.74, 6) is -6.73. The van der Waals surface area contributed by atoms with Crippen molar-refractivity contribution < 1.29 is 60.0 Å². The Labute approximate surface area is 271 Å². The number of carbonyl (C=O) groups excluding carboxylic acids is 3. The summed E-state index contributed by atoms with van der Waals surface area (Å²) in [6.45, 7) is 4.52. The molecule has 12 nitrogen and oxygen atoms in total. The van der Waals surface area contributed by atoms with Crippen molar-refractivity contribution in [3.05, 3.63) is 36.0 Å². The lowest BCUT2D eigenvalue weighted by Gasteiger charge is -2.35. The molecule has 2 aromatic rings. The number of allylic oxidation sites excluding steroid dienone is 1. The Balaban J connectivity index is 1.58. The number of hydrogen-bond acceptors (Lipinski definition) is 10. The monoisotopic (exact) mass is 686 g/mol. The Morgan fingerprint density at radius 2 is 1.79 bits per heavy atom. The SMILES string of the molecule is COC(=O)C1CC2CN1C(=O)C(C(C)(C)C)NC(=O)OC1CCCC1OCC=CC(F)(F)c1nc3cc(OC(F)(F)F)ccc3nc1O2. The average molecular weight is 687 g/mol. The van der Waals surface area contributed by atoms with Crippen molar-refractivity contribution >= 4 is 29.0 Å². The van der Waals surface area contributed by atoms with Gasteiger partial charge in [-0.05, 0) is 42.9 Å². The number of alkyl carbamates (subject to hydrolysis) is 1. The highest BCUT2D eigenvalue weighted by molar-refractivity contribution is 5.91. The van der Waals surface area contributed by atoms with E-state index in [1.54, 1.807) is 20.8 Å². The van der Waals surface area contributed by atoms with E-state index >= 15 is 8.78 Å². The van der Waals surface area contributed by atoms with Gasteiger partial charge in [-0.1, -0.05) is 26.8 Å². The van der Waals surface area contributed by atoms with Crippen LogP contribution in [-0.2, 0) is 29.7 Å². The number of halogens is 5. The minimum atomic E-state index is -5.04. The second-order valence-corrected chi connectivity index (χ2v) is 12.8. The molecule has 2 bridgehead atoms. The van der Waals surface area contributed by atoms with Gasteiger partial charge >= 0.3 is 24.3 Å². The summed E-state index contributed by atoms with van der Waals surface area (Å²) in [5, 5.41) is 2.63. The van der Waals surface area contributed by atoms with E-state index < -0.39 is 83.4 Å². The van der Waals surface area contributed by atoms with Crippen LogP contribution in [0.15, 0.2) is 30.4 Å². The van der Waals surface area contributed by atoms with Crippen molar-refractivity contribution in [3.63, 3.8) is 0 Å². The van der Waals surface area contributed by atoms with Gasteiger partial charge in [0.25, 0.3) is 0 Å². The van der Waals surface area contributed by atoms with Crippen molar-refractivity contribution in [2.45, 2.75) is 89.1 Å². The highest BCUT2D eigenvalue weighted by atomic mass is 19.4. The summed E-state index contributed by atoms with van der Waals surface area (Å²) in [4.78, 5) is 49.2. The fraction of sp³-hybridized carbons (Fsp3) is 0.581. The number of nitrogens with one attached hydrogen (secondary N) is 1. The van der Waals surface area contributed by atoms with Crippen molar-refractivity contribution in [3.8, 4) is 11.6 Å². The fourth-order valence-electron chi connectivity index (χ4n) is 5.93. The Morgan fingerprint density at radius 1 is 1.06 bits per heavy atom. The van der Waals surface area contributed by atoms with Gasteiger partial charge in [-0.15, -0.1) is 13.2 Å². The van der Waals surface area contributed by atoms with Gasteiger partial charge in [-0.2, -0.15) is 8.78 Å². The molecule has 1 saturated carbocycles. The first-order valence-corrected chi connectivity index (χ1v) is 15.2. The second-order valence-electron chi connectivity index (χ2n) is 12.8. The molecule has 1 aliphatic carbocycles. The number of amides is 2. The Hall–Kier alpha value is -4.28. The molecule has 2 aliphatic heterocycles. The maximum absolute atomic E-state index is 15.8. The number of methoxy groups -OCH3 is 1. The third-order valence-electron chi connectivity index (χ3n) is 8.21. The van der Waals surface area contributed by atoms with Crippen LogP contribution in [-0.4, -0.2) is 89.9 Å². The first-order chi connectivity index (χ1) is 22.4. The molecule has 1 aromatic carbocycles. The molecule has 17 heteroatoms. The van der Waals surface area contributed by atoms with Crippen molar-refractivity contribution in [2.24, 2.45) is 5.41 Å². The van der Waals surface area contributed by atoms with E-state index in [1.165, 1.54) is 0 Å². The number of carbonyl (C=O) groups is 3. The first kappa shape index (κ1) is 35.0. The number of nitrogens with zero attached hydrogens (tertiary/aromatic N) is 3. The standard InChI is InChI=1S/C31H35F5N4O8/c1-29(2,3)24-26(41)40-15-17(14-20(40)27(42)44-4)46-25-23(37-19-13-16(48-31(34,35)36)9-10-18(19)38-25)30(32,33)11-6-12-45-21-7-5-8-22(21)47-28(43)39-24/h6,9-11,13,17,20-22,24H,5,7-8,12,14-15H2,1-4H3,(H,39,43). The molecule has 48 heavy (non-hydrogen) atoms. The molecule has 1 aromatic heterocycles. The zero-order valence-corrected chi connectivity index (χ0v) is 26.5. The van der Waals surface area contributed by atoms with Crippen molar-refractivity contribution in [1.29, 1.82) is 0 Å². The lowest BCUT2D eigenvalue weighted by Crippen LogP contribution is -2.57. The highest BCUT2D eigenvalue weighted by Gasteiger charge is 2.48. The number of rotatable bonds is 2. The predicted octanol–water partition coefficient (Wildman–Crippen LogP) is 4.79. The van der Waals surface area contributed by atoms with Crippen molar-refractivity contribution in [1.82, 2.24) is 20.2 Å². The van der Waals surface area contributed by atoms with Crippen LogP contribution in [0.2, 0.25) is 0 Å². The summed E-state index contributed by atoms with van der Waals surface area (Å²) >= 11 is 0. The summed E-state index contributed by atoms with van der Waals surface area (Å²) in [6, 6.07) is 0.446. The van der Waals surface area contributed by atoms with Crippen LogP contribution in [0.5, 0.6) is 11.6 Å². The van der Waals surface area contributed by atoms with Gasteiger partial charge in [0.05, 0.1) is 37.4 Å². The number of benzene rings is 1. The molecule has 0 spiro atoms. The lowest BCUT2D eigenvalue weighted by molar-refractivity contribution is -0.274. The van der Waals surface area contributed by atoms with Crippen LogP contribution < -0.4 is 14.8 Å². The lowest BCUT2D eigenvalue weighted by atomic mass is 9.85. The third-order valence-corrected chi connectivity index (χ3v) is 8.21. The molecule has 0 radical (unpaired) electrons. The molecule has 3 aliphatic rings. The summed E-state index contributed by atoms with van der Waals surface area (Å²) in [7, 11) is 1.12. The number of esters is 1. The average Bonchev–Trinajstić information content (AvgIpc) is 3.62. The first-order valence-electron chi connectivity index (χ1n) is 15.2. The fourth-order valence-corrected chi connectivity index (χ4v) is 5.93. The maximum atomic E-state index is 15.8. The highest BCUT2D eigenvalue weighted by Crippen LogP contribution is 2.38. The molecule has 262 valence electrons. The van der Waals surface area contributed by atoms with E-state index in [0.717, 1.165) is 36.3 Å². The van der Waals surface area contributed by atoms with E-state index in [1.807, 2.05) is 0 Å². The van der Waals surface area contributed by atoms with Crippen molar-refractivity contribution in [2.75, 3.05) is 20.3 Å². The summed E-state index contributed by atoms with van der Waals surface area (Å²) in [5.41, 5.74) is -2.33. The van der Waals surface area contributed by atoms with Gasteiger partial charge in [-0.3, -0.25) is 4.79 Å². The van der Waals surface area contributed by atoms with Crippen LogP contribution in [0.3, 0.4) is 0 Å². The molecule has 2 fully saturated rings. The zero-order chi connectivity index (χ0) is 35.0. The van der Waals surface area contributed by atoms with Gasteiger partial charge in [0.15, 0.2) is 5.69 Å². The predicted molar refractivity (Wildman–Crippen MR) is 156 cm³/mol. The van der Waals surface area contributed by atoms with E-state index in [0.29, 0.717) is 25.3 Å². The molecular weight excluding hydrogens is 651 g/mol. The molecule has 5 atom stereocenters. The second kappa shape index (κ2) is 13.3. The molecular formula is C31H35F5N4O8. The molecule has 1 saturated heterocycles. The molecule has 1 N–H and O–H groups in total. The van der Waals surface area contributed by atoms with Crippen LogP contribution >= 0.6 is 0 Å². The minimum absolute atomic E-state index is 0.0910. The Morgan fingerprint density at radius 3 is 2.48 bits per heavy atom. The number of fused-ring (bicyclic) bond motifs is 5. The van der Waals surface area contributed by atoms with Gasteiger partial charge in [0.1, 0.15) is 30.0 Å². The molecule has 5 rings (SSSR count). The Bertz CT molecular complexity index is 1580. The number of ether oxygens (including phenoxy) is 5. The largest absolute Gasteiger partial charge is 0.573 e. The van der Waals surface area contributed by atoms with Crippen LogP contribution in [0.25, 0.3) is 11.0 Å². The van der Waals surface area contributed by atoms with E-state index in [4.69, 9.17) is 18.9 Å². The molecule has 2 amide bonds. The Kier molecular flexibility index (Phi) is 9.72. The van der Waals surface area contributed by atoms with Gasteiger partial charge in [0, 0.05) is 12.5 Å². The maximum Gasteiger partial charge on any atom is 0.573 e. The third kappa shape index (κ3) is 7.88. The summed E-state index contributed by atoms with van der Waals surface area (Å²) in [6.07, 6.45) is -5.46. The minimum Gasteiger partial charge on any atom is -0.471 e. The van der Waals surface area contributed by atoms with Crippen LogP contribution in [0.1, 0.15) is 52.1 Å². The quantitative estimate of drug-likeness (QED) is 0.267. The number of alkyl halides is 5. The van der Waals surface area contributed by atoms with Crippen LogP contribution in [0, 0.1) is 5.41 Å². The van der Waals surface area contributed by atoms with Gasteiger partial charge in [0.2, 0.25) is 11.8 Å².